The van der Waals surface area contributed by atoms with Crippen LogP contribution < -0.4 is 5.32 Å². The molecule has 87 heavy (non-hydrogen) atoms. The standard InChI is InChI=1S/C77H141N2O7P/c1-7-10-13-16-19-22-25-27-29-31-33-35-37-38-39-40-42-43-45-47-49-51-54-57-60-63-66-69-76(80)78-74(73-85-87(82,83)84-72-71-79(4,5)6)75(68-65-62-59-56-53-24-21-18-15-12-9-3)86-77(81)70-67-64-61-58-55-52-50-48-46-44-41-36-34-32-30-28-26-23-20-17-14-11-8-2/h19-20,22-23,27-30,33,35,38-39,65,68,74-75H,7-18,21,24-26,31-32,34,36-37,40-64,66-67,69-73H2,1-6H3,(H-,78,80,82,83)/p+1/b22-19-,23-20-,29-27-,30-28-,35-33-,39-38-,68-65-. The van der Waals surface area contributed by atoms with Gasteiger partial charge in [0.15, 0.2) is 0 Å². The highest BCUT2D eigenvalue weighted by Crippen LogP contribution is 2.43. The quantitative estimate of drug-likeness (QED) is 0.0205. The van der Waals surface area contributed by atoms with E-state index in [1.807, 2.05) is 33.3 Å². The van der Waals surface area contributed by atoms with E-state index in [-0.39, 0.29) is 31.5 Å². The van der Waals surface area contributed by atoms with Gasteiger partial charge in [-0.25, -0.2) is 4.57 Å². The molecule has 0 rings (SSSR count). The van der Waals surface area contributed by atoms with Gasteiger partial charge in [0.05, 0.1) is 33.8 Å². The second-order valence-corrected chi connectivity index (χ2v) is 27.6. The molecule has 3 atom stereocenters. The highest BCUT2D eigenvalue weighted by atomic mass is 31.2. The van der Waals surface area contributed by atoms with Gasteiger partial charge in [-0.1, -0.05) is 305 Å². The Morgan fingerprint density at radius 1 is 0.402 bits per heavy atom. The molecule has 0 saturated carbocycles. The molecule has 0 heterocycles. The SMILES string of the molecule is CCCCC/C=C\C/C=C\C/C=C\C/C=C\CCCCCCCCCCCCCC(=O)NC(COP(=O)(O)OCC[N+](C)(C)C)C(/C=C\CCCCCCCCCCC)OC(=O)CCCCCCCCCCCCCCC/C=C\C/C=C\CCCCC. The first kappa shape index (κ1) is 84.2. The van der Waals surface area contributed by atoms with Gasteiger partial charge in [0.25, 0.3) is 0 Å². The average Bonchev–Trinajstić information content (AvgIpc) is 3.70. The van der Waals surface area contributed by atoms with Crippen LogP contribution in [0.2, 0.25) is 0 Å². The van der Waals surface area contributed by atoms with Crippen LogP contribution in [0.5, 0.6) is 0 Å². The van der Waals surface area contributed by atoms with Gasteiger partial charge in [0.2, 0.25) is 5.91 Å². The number of carbonyl (C=O) groups excluding carboxylic acids is 2. The van der Waals surface area contributed by atoms with Gasteiger partial charge in [-0.15, -0.1) is 0 Å². The molecule has 0 aliphatic carbocycles. The maximum Gasteiger partial charge on any atom is 0.472 e. The maximum absolute atomic E-state index is 13.6. The molecular weight excluding hydrogens is 1100 g/mol. The van der Waals surface area contributed by atoms with Crippen molar-refractivity contribution in [1.29, 1.82) is 0 Å². The third-order valence-electron chi connectivity index (χ3n) is 16.3. The Kier molecular flexibility index (Phi) is 64.0. The highest BCUT2D eigenvalue weighted by Gasteiger charge is 2.30. The van der Waals surface area contributed by atoms with E-state index in [2.05, 4.69) is 99.0 Å². The summed E-state index contributed by atoms with van der Waals surface area (Å²) in [6, 6.07) is -0.854. The number of unbranched alkanes of at least 4 members (excludes halogenated alkanes) is 39. The number of nitrogens with one attached hydrogen (secondary N) is 1. The first-order valence-corrected chi connectivity index (χ1v) is 38.4. The lowest BCUT2D eigenvalue weighted by atomic mass is 10.0. The molecule has 3 unspecified atom stereocenters. The summed E-state index contributed by atoms with van der Waals surface area (Å²) in [4.78, 5) is 37.9. The number of ether oxygens (including phenoxy) is 1. The minimum absolute atomic E-state index is 0.0377. The van der Waals surface area contributed by atoms with Crippen molar-refractivity contribution in [2.75, 3.05) is 40.9 Å². The van der Waals surface area contributed by atoms with E-state index in [0.717, 1.165) is 83.5 Å². The number of likely N-dealkylation sites (N-methyl/N-ethyl adjacent to an activating group) is 1. The molecule has 10 heteroatoms. The maximum atomic E-state index is 13.6. The summed E-state index contributed by atoms with van der Waals surface area (Å²) in [6.45, 7) is 6.99. The first-order chi connectivity index (χ1) is 42.4. The molecule has 0 aromatic rings. The Bertz CT molecular complexity index is 1760. The average molecular weight is 1240 g/mol. The summed E-state index contributed by atoms with van der Waals surface area (Å²) in [5.41, 5.74) is 0. The Morgan fingerprint density at radius 3 is 1.07 bits per heavy atom. The molecule has 506 valence electrons. The van der Waals surface area contributed by atoms with Crippen molar-refractivity contribution in [2.24, 2.45) is 0 Å². The Hall–Kier alpha value is -2.81. The number of carbonyl (C=O) groups is 2. The fourth-order valence-electron chi connectivity index (χ4n) is 10.6. The fraction of sp³-hybridized carbons (Fsp3) is 0.792. The Morgan fingerprint density at radius 2 is 0.701 bits per heavy atom. The zero-order valence-corrected chi connectivity index (χ0v) is 58.9. The van der Waals surface area contributed by atoms with Gasteiger partial charge in [0.1, 0.15) is 19.3 Å². The lowest BCUT2D eigenvalue weighted by molar-refractivity contribution is -0.870. The van der Waals surface area contributed by atoms with Crippen molar-refractivity contribution >= 4 is 19.7 Å². The highest BCUT2D eigenvalue weighted by molar-refractivity contribution is 7.47. The third-order valence-corrected chi connectivity index (χ3v) is 17.3. The Balaban J connectivity index is 4.98. The summed E-state index contributed by atoms with van der Waals surface area (Å²) in [6.07, 6.45) is 88.8. The molecule has 1 amide bonds. The summed E-state index contributed by atoms with van der Waals surface area (Å²) in [5, 5.41) is 3.07. The van der Waals surface area contributed by atoms with Gasteiger partial charge in [0, 0.05) is 12.8 Å². The lowest BCUT2D eigenvalue weighted by Crippen LogP contribution is -2.47. The van der Waals surface area contributed by atoms with Crippen LogP contribution >= 0.6 is 7.82 Å². The van der Waals surface area contributed by atoms with Crippen LogP contribution in [0, 0.1) is 0 Å². The van der Waals surface area contributed by atoms with Gasteiger partial charge in [-0.05, 0) is 109 Å². The second-order valence-electron chi connectivity index (χ2n) is 26.1. The fourth-order valence-corrected chi connectivity index (χ4v) is 11.3. The van der Waals surface area contributed by atoms with Crippen LogP contribution in [-0.4, -0.2) is 74.3 Å². The summed E-state index contributed by atoms with van der Waals surface area (Å²) < 4.78 is 30.8. The molecule has 0 saturated heterocycles. The predicted octanol–water partition coefficient (Wildman–Crippen LogP) is 23.7. The molecule has 9 nitrogen and oxygen atoms in total. The van der Waals surface area contributed by atoms with E-state index in [0.29, 0.717) is 17.4 Å². The van der Waals surface area contributed by atoms with E-state index >= 15 is 0 Å². The van der Waals surface area contributed by atoms with Crippen molar-refractivity contribution in [3.8, 4) is 0 Å². The van der Waals surface area contributed by atoms with E-state index in [9.17, 15) is 19.0 Å². The van der Waals surface area contributed by atoms with E-state index in [1.165, 1.54) is 225 Å². The molecule has 0 radical (unpaired) electrons. The van der Waals surface area contributed by atoms with Gasteiger partial charge in [-0.2, -0.15) is 0 Å². The summed E-state index contributed by atoms with van der Waals surface area (Å²) in [5.74, 6) is -0.501. The van der Waals surface area contributed by atoms with Gasteiger partial charge >= 0.3 is 13.8 Å². The molecule has 0 aliphatic rings. The van der Waals surface area contributed by atoms with Crippen LogP contribution in [0.4, 0.5) is 0 Å². The van der Waals surface area contributed by atoms with Gasteiger partial charge in [-0.3, -0.25) is 18.6 Å². The smallest absolute Gasteiger partial charge is 0.456 e. The van der Waals surface area contributed by atoms with Crippen LogP contribution in [-0.2, 0) is 27.9 Å². The van der Waals surface area contributed by atoms with Crippen molar-refractivity contribution < 1.29 is 37.3 Å². The molecule has 2 N–H and O–H groups in total. The molecule has 0 aliphatic heterocycles. The molecule has 0 aromatic carbocycles. The topological polar surface area (TPSA) is 111 Å². The minimum Gasteiger partial charge on any atom is -0.456 e. The minimum atomic E-state index is -4.46. The molecule has 0 fully saturated rings. The number of rotatable bonds is 67. The van der Waals surface area contributed by atoms with E-state index in [4.69, 9.17) is 13.8 Å². The van der Waals surface area contributed by atoms with Crippen LogP contribution in [0.25, 0.3) is 0 Å². The largest absolute Gasteiger partial charge is 0.472 e. The van der Waals surface area contributed by atoms with Crippen molar-refractivity contribution in [2.45, 2.75) is 354 Å². The van der Waals surface area contributed by atoms with Crippen molar-refractivity contribution in [3.63, 3.8) is 0 Å². The number of allylic oxidation sites excluding steroid dienone is 13. The molecule has 0 bridgehead atoms. The number of hydrogen-bond donors (Lipinski definition) is 2. The molecular formula is C77H142N2O7P+. The summed E-state index contributed by atoms with van der Waals surface area (Å²) in [7, 11) is 1.50. The van der Waals surface area contributed by atoms with E-state index < -0.39 is 20.0 Å². The molecule has 0 aromatic heterocycles. The number of phosphoric ester groups is 1. The Labute approximate surface area is 539 Å². The van der Waals surface area contributed by atoms with Crippen molar-refractivity contribution in [1.82, 2.24) is 5.32 Å². The number of phosphoric acid groups is 1. The lowest BCUT2D eigenvalue weighted by Gasteiger charge is -2.27. The monoisotopic (exact) mass is 1240 g/mol. The number of esters is 1. The zero-order valence-electron chi connectivity index (χ0n) is 58.0. The number of amides is 1. The van der Waals surface area contributed by atoms with Gasteiger partial charge < -0.3 is 19.4 Å². The number of quaternary nitrogens is 1. The molecule has 0 spiro atoms. The summed E-state index contributed by atoms with van der Waals surface area (Å²) >= 11 is 0. The number of nitrogens with zero attached hydrogens (tertiary/aromatic N) is 1. The second kappa shape index (κ2) is 66.1. The van der Waals surface area contributed by atoms with Crippen LogP contribution in [0.15, 0.2) is 85.1 Å². The number of hydrogen-bond acceptors (Lipinski definition) is 6. The van der Waals surface area contributed by atoms with Crippen LogP contribution in [0.1, 0.15) is 342 Å². The first-order valence-electron chi connectivity index (χ1n) is 36.9. The zero-order chi connectivity index (χ0) is 63.5. The van der Waals surface area contributed by atoms with Crippen LogP contribution in [0.3, 0.4) is 0 Å². The third kappa shape index (κ3) is 67.4. The van der Waals surface area contributed by atoms with Crippen molar-refractivity contribution in [3.05, 3.63) is 85.1 Å². The predicted molar refractivity (Wildman–Crippen MR) is 378 cm³/mol. The van der Waals surface area contributed by atoms with E-state index in [1.54, 1.807) is 0 Å². The normalized spacial score (nSPS) is 14.0.